The lowest BCUT2D eigenvalue weighted by atomic mass is 9.70. The minimum Gasteiger partial charge on any atom is -0.272 e. The van der Waals surface area contributed by atoms with Crippen LogP contribution < -0.4 is 5.43 Å². The number of rotatable bonds is 4. The fraction of sp³-hybridized carbons (Fsp3) is 0.556. The number of fused-ring (bicyclic) bond motifs is 3. The highest BCUT2D eigenvalue weighted by Gasteiger charge is 2.59. The lowest BCUT2D eigenvalue weighted by Crippen LogP contribution is -2.34. The second kappa shape index (κ2) is 6.06. The van der Waals surface area contributed by atoms with Gasteiger partial charge in [-0.1, -0.05) is 32.5 Å². The number of nitrogens with one attached hydrogen (secondary N) is 1. The van der Waals surface area contributed by atoms with Gasteiger partial charge in [-0.2, -0.15) is 5.10 Å². The summed E-state index contributed by atoms with van der Waals surface area (Å²) in [5, 5.41) is 7.36. The molecule has 0 radical (unpaired) electrons. The van der Waals surface area contributed by atoms with E-state index in [1.807, 2.05) is 11.4 Å². The third-order valence-electron chi connectivity index (χ3n) is 6.38. The highest BCUT2D eigenvalue weighted by Crippen LogP contribution is 2.63. The van der Waals surface area contributed by atoms with E-state index in [-0.39, 0.29) is 16.7 Å². The van der Waals surface area contributed by atoms with Crippen LogP contribution in [0.5, 0.6) is 0 Å². The fourth-order valence-electron chi connectivity index (χ4n) is 4.26. The van der Waals surface area contributed by atoms with E-state index in [0.717, 1.165) is 27.4 Å². The Morgan fingerprint density at radius 2 is 2.28 bits per heavy atom. The lowest BCUT2D eigenvalue weighted by Gasteiger charge is -2.34. The number of carbonyl (C=O) groups excluding carboxylic acids is 1. The SMILES string of the molecule is CC12CCC(C/C1=N/NC(=O)CSc1ncnc3ccsc13)C2(C)C. The number of amides is 1. The molecule has 2 bridgehead atoms. The summed E-state index contributed by atoms with van der Waals surface area (Å²) in [5.41, 5.74) is 5.26. The van der Waals surface area contributed by atoms with Crippen LogP contribution in [-0.2, 0) is 4.79 Å². The second-order valence-electron chi connectivity index (χ2n) is 7.69. The Morgan fingerprint density at radius 1 is 1.44 bits per heavy atom. The van der Waals surface area contributed by atoms with E-state index in [1.54, 1.807) is 17.7 Å². The van der Waals surface area contributed by atoms with Gasteiger partial charge in [0.05, 0.1) is 16.0 Å². The van der Waals surface area contributed by atoms with Gasteiger partial charge in [-0.3, -0.25) is 4.79 Å². The topological polar surface area (TPSA) is 67.2 Å². The van der Waals surface area contributed by atoms with Gasteiger partial charge in [-0.25, -0.2) is 15.4 Å². The Balaban J connectivity index is 1.40. The zero-order valence-electron chi connectivity index (χ0n) is 14.7. The third kappa shape index (κ3) is 2.68. The Hall–Kier alpha value is -1.47. The maximum absolute atomic E-state index is 12.2. The van der Waals surface area contributed by atoms with Crippen molar-refractivity contribution in [1.82, 2.24) is 15.4 Å². The van der Waals surface area contributed by atoms with Crippen molar-refractivity contribution >= 4 is 44.9 Å². The maximum atomic E-state index is 12.2. The number of carbonyl (C=O) groups is 1. The Kier molecular flexibility index (Phi) is 4.11. The summed E-state index contributed by atoms with van der Waals surface area (Å²) < 4.78 is 1.04. The molecule has 2 atom stereocenters. The first-order valence-corrected chi connectivity index (χ1v) is 10.5. The van der Waals surface area contributed by atoms with Gasteiger partial charge in [-0.05, 0) is 42.0 Å². The predicted octanol–water partition coefficient (Wildman–Crippen LogP) is 4.10. The number of aromatic nitrogens is 2. The van der Waals surface area contributed by atoms with Crippen LogP contribution in [0.3, 0.4) is 0 Å². The molecule has 2 heterocycles. The molecule has 2 saturated carbocycles. The summed E-state index contributed by atoms with van der Waals surface area (Å²) in [6.45, 7) is 6.98. The van der Waals surface area contributed by atoms with Crippen molar-refractivity contribution < 1.29 is 4.79 Å². The largest absolute Gasteiger partial charge is 0.272 e. The Labute approximate surface area is 155 Å². The molecule has 1 N–H and O–H groups in total. The van der Waals surface area contributed by atoms with Gasteiger partial charge in [0.15, 0.2) is 0 Å². The number of hydrogen-bond donors (Lipinski definition) is 1. The highest BCUT2D eigenvalue weighted by molar-refractivity contribution is 8.00. The van der Waals surface area contributed by atoms with Gasteiger partial charge >= 0.3 is 0 Å². The standard InChI is InChI=1S/C18H22N4OS2/c1-17(2)11-4-6-18(17,3)13(8-11)21-22-14(23)9-25-16-15-12(5-7-24-15)19-10-20-16/h5,7,10-11H,4,6,8-9H2,1-3H3,(H,22,23)/b21-13-. The van der Waals surface area contributed by atoms with Crippen molar-refractivity contribution in [3.05, 3.63) is 17.8 Å². The van der Waals surface area contributed by atoms with Crippen LogP contribution in [0.1, 0.15) is 40.0 Å². The molecule has 2 aliphatic carbocycles. The van der Waals surface area contributed by atoms with Gasteiger partial charge in [0.1, 0.15) is 11.4 Å². The van der Waals surface area contributed by atoms with E-state index in [4.69, 9.17) is 0 Å². The molecular formula is C18H22N4OS2. The molecule has 25 heavy (non-hydrogen) atoms. The molecule has 0 saturated heterocycles. The van der Waals surface area contributed by atoms with Crippen molar-refractivity contribution in [3.63, 3.8) is 0 Å². The zero-order chi connectivity index (χ0) is 17.7. The van der Waals surface area contributed by atoms with Crippen LogP contribution in [0.4, 0.5) is 0 Å². The molecule has 0 aromatic carbocycles. The quantitative estimate of drug-likeness (QED) is 0.497. The van der Waals surface area contributed by atoms with Crippen LogP contribution in [0.2, 0.25) is 0 Å². The Bertz CT molecular complexity index is 860. The molecule has 1 amide bonds. The molecule has 2 aromatic heterocycles. The predicted molar refractivity (Wildman–Crippen MR) is 103 cm³/mol. The summed E-state index contributed by atoms with van der Waals surface area (Å²) in [4.78, 5) is 20.8. The van der Waals surface area contributed by atoms with Gasteiger partial charge in [0.2, 0.25) is 5.91 Å². The first-order valence-electron chi connectivity index (χ1n) is 8.59. The summed E-state index contributed by atoms with van der Waals surface area (Å²) in [5.74, 6) is 0.922. The highest BCUT2D eigenvalue weighted by atomic mass is 32.2. The van der Waals surface area contributed by atoms with Gasteiger partial charge in [0, 0.05) is 11.1 Å². The molecule has 2 unspecified atom stereocenters. The molecule has 2 aromatic rings. The summed E-state index contributed by atoms with van der Waals surface area (Å²) in [7, 11) is 0. The molecular weight excluding hydrogens is 352 g/mol. The van der Waals surface area contributed by atoms with E-state index < -0.39 is 0 Å². The third-order valence-corrected chi connectivity index (χ3v) is 8.41. The Morgan fingerprint density at radius 3 is 3.00 bits per heavy atom. The van der Waals surface area contributed by atoms with E-state index in [2.05, 4.69) is 41.3 Å². The van der Waals surface area contributed by atoms with Crippen LogP contribution >= 0.6 is 23.1 Å². The van der Waals surface area contributed by atoms with Gasteiger partial charge < -0.3 is 0 Å². The van der Waals surface area contributed by atoms with Crippen LogP contribution in [0.25, 0.3) is 10.2 Å². The van der Waals surface area contributed by atoms with E-state index >= 15 is 0 Å². The van der Waals surface area contributed by atoms with E-state index in [0.29, 0.717) is 11.7 Å². The van der Waals surface area contributed by atoms with E-state index in [1.165, 1.54) is 24.6 Å². The average Bonchev–Trinajstić information content (AvgIpc) is 3.20. The zero-order valence-corrected chi connectivity index (χ0v) is 16.3. The van der Waals surface area contributed by atoms with Crippen molar-refractivity contribution in [1.29, 1.82) is 0 Å². The summed E-state index contributed by atoms with van der Waals surface area (Å²) >= 11 is 3.04. The van der Waals surface area contributed by atoms with Crippen LogP contribution in [0, 0.1) is 16.7 Å². The minimum absolute atomic E-state index is 0.0787. The molecule has 0 aliphatic heterocycles. The monoisotopic (exact) mass is 374 g/mol. The molecule has 2 aliphatic rings. The number of nitrogens with zero attached hydrogens (tertiary/aromatic N) is 3. The molecule has 5 nitrogen and oxygen atoms in total. The summed E-state index contributed by atoms with van der Waals surface area (Å²) in [6.07, 6.45) is 5.01. The lowest BCUT2D eigenvalue weighted by molar-refractivity contribution is -0.118. The van der Waals surface area contributed by atoms with Crippen molar-refractivity contribution in [3.8, 4) is 0 Å². The second-order valence-corrected chi connectivity index (χ2v) is 9.57. The van der Waals surface area contributed by atoms with Crippen molar-refractivity contribution in [2.45, 2.75) is 45.1 Å². The average molecular weight is 375 g/mol. The molecule has 132 valence electrons. The van der Waals surface area contributed by atoms with Gasteiger partial charge in [-0.15, -0.1) is 11.3 Å². The maximum Gasteiger partial charge on any atom is 0.250 e. The molecule has 4 rings (SSSR count). The number of thiophene rings is 1. The summed E-state index contributed by atoms with van der Waals surface area (Å²) in [6, 6.07) is 1.97. The number of hydrazone groups is 1. The minimum atomic E-state index is -0.0787. The molecule has 0 spiro atoms. The van der Waals surface area contributed by atoms with Crippen LogP contribution in [-0.4, -0.2) is 27.3 Å². The van der Waals surface area contributed by atoms with Crippen LogP contribution in [0.15, 0.2) is 27.9 Å². The number of hydrogen-bond acceptors (Lipinski definition) is 6. The fourth-order valence-corrected chi connectivity index (χ4v) is 6.00. The smallest absolute Gasteiger partial charge is 0.250 e. The molecule has 2 fully saturated rings. The van der Waals surface area contributed by atoms with Crippen molar-refractivity contribution in [2.24, 2.45) is 21.8 Å². The first-order chi connectivity index (χ1) is 11.9. The normalized spacial score (nSPS) is 28.8. The van der Waals surface area contributed by atoms with Gasteiger partial charge in [0.25, 0.3) is 0 Å². The molecule has 7 heteroatoms. The number of thioether (sulfide) groups is 1. The first kappa shape index (κ1) is 17.0. The van der Waals surface area contributed by atoms with E-state index in [9.17, 15) is 4.79 Å². The van der Waals surface area contributed by atoms with Crippen molar-refractivity contribution in [2.75, 3.05) is 5.75 Å².